The molecule has 0 amide bonds. The van der Waals surface area contributed by atoms with Crippen LogP contribution in [0.25, 0.3) is 0 Å². The lowest BCUT2D eigenvalue weighted by molar-refractivity contribution is -0.796. The molecule has 2 aliphatic carbocycles. The lowest BCUT2D eigenvalue weighted by atomic mass is 9.52. The van der Waals surface area contributed by atoms with Crippen molar-refractivity contribution in [2.75, 3.05) is 25.1 Å². The molecule has 0 bridgehead atoms. The second kappa shape index (κ2) is 10.7. The van der Waals surface area contributed by atoms with Crippen molar-refractivity contribution in [2.24, 2.45) is 22.7 Å². The molecule has 0 spiro atoms. The summed E-state index contributed by atoms with van der Waals surface area (Å²) in [5.41, 5.74) is 4.25. The van der Waals surface area contributed by atoms with Crippen LogP contribution < -0.4 is 10.2 Å². The topological polar surface area (TPSA) is 128 Å². The van der Waals surface area contributed by atoms with Crippen molar-refractivity contribution in [2.45, 2.75) is 97.7 Å². The van der Waals surface area contributed by atoms with Crippen molar-refractivity contribution in [1.29, 1.82) is 5.41 Å². The van der Waals surface area contributed by atoms with Gasteiger partial charge in [0.25, 0.3) is 0 Å². The van der Waals surface area contributed by atoms with Crippen molar-refractivity contribution < 1.29 is 25.0 Å². The van der Waals surface area contributed by atoms with Crippen LogP contribution in [-0.2, 0) is 4.74 Å². The van der Waals surface area contributed by atoms with Crippen LogP contribution in [0.5, 0.6) is 0 Å². The molecule has 9 heteroatoms. The number of nitrogens with zero attached hydrogens (tertiary/aromatic N) is 2. The third-order valence-electron chi connectivity index (χ3n) is 10.5. The Morgan fingerprint density at radius 1 is 1.31 bits per heavy atom. The second-order valence-corrected chi connectivity index (χ2v) is 13.3. The van der Waals surface area contributed by atoms with E-state index in [-0.39, 0.29) is 6.61 Å². The zero-order valence-corrected chi connectivity index (χ0v) is 24.2. The van der Waals surface area contributed by atoms with E-state index in [0.717, 1.165) is 11.3 Å². The number of aliphatic hydroxyl groups excluding tert-OH is 3. The van der Waals surface area contributed by atoms with Gasteiger partial charge in [-0.15, -0.1) is 0 Å². The number of hydrogen-bond acceptors (Lipinski definition) is 7. The maximum Gasteiger partial charge on any atom is 0.250 e. The number of allylic oxidation sites excluding steroid dienone is 3. The van der Waals surface area contributed by atoms with Crippen molar-refractivity contribution in [3.05, 3.63) is 35.3 Å². The number of fused-ring (bicyclic) bond motifs is 2. The lowest BCUT2D eigenvalue weighted by Gasteiger charge is -2.53. The summed E-state index contributed by atoms with van der Waals surface area (Å²) in [5.74, 6) is 2.36. The SMILES string of the molecule is CC(=CC[NH+]1CNc2c(ncn2C2OC(CO)C(O)C2O)C1=N)CCC1(C)C(C)CC=C2C1CCCC2(C)C. The van der Waals surface area contributed by atoms with E-state index in [2.05, 4.69) is 57.1 Å². The number of ether oxygens (including phenoxy) is 1. The number of quaternary nitrogens is 1. The highest BCUT2D eigenvalue weighted by atomic mass is 16.6. The zero-order valence-electron chi connectivity index (χ0n) is 24.2. The maximum atomic E-state index is 10.4. The van der Waals surface area contributed by atoms with E-state index >= 15 is 0 Å². The van der Waals surface area contributed by atoms with Crippen LogP contribution in [0.15, 0.2) is 29.6 Å². The van der Waals surface area contributed by atoms with Gasteiger partial charge in [0.15, 0.2) is 18.6 Å². The molecule has 5 rings (SSSR count). The molecule has 1 aromatic heterocycles. The first kappa shape index (κ1) is 28.5. The molecule has 1 saturated carbocycles. The molecular formula is C30H48N5O4+. The summed E-state index contributed by atoms with van der Waals surface area (Å²) in [6, 6.07) is 0. The van der Waals surface area contributed by atoms with E-state index in [1.165, 1.54) is 44.0 Å². The first-order valence-electron chi connectivity index (χ1n) is 14.7. The first-order chi connectivity index (χ1) is 18.5. The van der Waals surface area contributed by atoms with Crippen molar-refractivity contribution in [3.63, 3.8) is 0 Å². The Morgan fingerprint density at radius 3 is 2.79 bits per heavy atom. The lowest BCUT2D eigenvalue weighted by Crippen LogP contribution is -3.16. The number of anilines is 1. The van der Waals surface area contributed by atoms with Gasteiger partial charge in [-0.1, -0.05) is 51.3 Å². The van der Waals surface area contributed by atoms with Gasteiger partial charge in [0, 0.05) is 0 Å². The molecule has 2 fully saturated rings. The maximum absolute atomic E-state index is 10.4. The Kier molecular flexibility index (Phi) is 7.85. The average molecular weight is 543 g/mol. The van der Waals surface area contributed by atoms with E-state index in [0.29, 0.717) is 53.2 Å². The van der Waals surface area contributed by atoms with Crippen LogP contribution >= 0.6 is 0 Å². The molecule has 8 unspecified atom stereocenters. The summed E-state index contributed by atoms with van der Waals surface area (Å²) >= 11 is 0. The Morgan fingerprint density at radius 2 is 2.08 bits per heavy atom. The summed E-state index contributed by atoms with van der Waals surface area (Å²) in [6.45, 7) is 12.9. The molecule has 1 saturated heterocycles. The fourth-order valence-electron chi connectivity index (χ4n) is 7.47. The molecule has 2 aliphatic heterocycles. The minimum atomic E-state index is -1.19. The number of rotatable bonds is 7. The summed E-state index contributed by atoms with van der Waals surface area (Å²) in [4.78, 5) is 5.41. The molecule has 39 heavy (non-hydrogen) atoms. The van der Waals surface area contributed by atoms with E-state index in [9.17, 15) is 15.3 Å². The van der Waals surface area contributed by atoms with Crippen LogP contribution in [0.1, 0.15) is 85.1 Å². The highest BCUT2D eigenvalue weighted by Crippen LogP contribution is 2.58. The zero-order chi connectivity index (χ0) is 28.1. The first-order valence-corrected chi connectivity index (χ1v) is 14.7. The smallest absolute Gasteiger partial charge is 0.250 e. The van der Waals surface area contributed by atoms with E-state index in [1.807, 2.05) is 0 Å². The highest BCUT2D eigenvalue weighted by molar-refractivity contribution is 5.94. The molecular weight excluding hydrogens is 494 g/mol. The van der Waals surface area contributed by atoms with Crippen molar-refractivity contribution in [1.82, 2.24) is 9.55 Å². The fraction of sp³-hybridized carbons (Fsp3) is 0.733. The minimum absolute atomic E-state index is 0.320. The molecule has 0 aromatic carbocycles. The number of hydrogen-bond donors (Lipinski definition) is 6. The third kappa shape index (κ3) is 5.01. The largest absolute Gasteiger partial charge is 0.394 e. The van der Waals surface area contributed by atoms with Crippen LogP contribution in [-0.4, -0.2) is 68.8 Å². The third-order valence-corrected chi connectivity index (χ3v) is 10.5. The summed E-state index contributed by atoms with van der Waals surface area (Å²) in [6.07, 6.45) is 9.68. The van der Waals surface area contributed by atoms with Crippen LogP contribution in [0, 0.1) is 28.1 Å². The van der Waals surface area contributed by atoms with Gasteiger partial charge < -0.3 is 25.4 Å². The van der Waals surface area contributed by atoms with Gasteiger partial charge in [0.2, 0.25) is 5.84 Å². The van der Waals surface area contributed by atoms with Gasteiger partial charge in [-0.2, -0.15) is 0 Å². The standard InChI is InChI=1S/C30H47N5O4/c1-18(10-13-30(5)19(2)8-9-20-21(30)7-6-12-29(20,3)4)11-14-34-16-33-27-23(26(34)31)32-17-35(27)28-25(38)24(37)22(15-36)39-28/h9,11,17,19,21-22,24-25,28,31,33,36-38H,6-8,10,12-16H2,1-5H3/p+1. The molecule has 0 radical (unpaired) electrons. The molecule has 4 aliphatic rings. The highest BCUT2D eigenvalue weighted by Gasteiger charge is 2.48. The summed E-state index contributed by atoms with van der Waals surface area (Å²) in [5, 5.41) is 42.1. The molecule has 8 atom stereocenters. The van der Waals surface area contributed by atoms with Gasteiger partial charge >= 0.3 is 0 Å². The quantitative estimate of drug-likeness (QED) is 0.294. The van der Waals surface area contributed by atoms with Crippen LogP contribution in [0.4, 0.5) is 5.82 Å². The number of aliphatic hydroxyl groups is 3. The summed E-state index contributed by atoms with van der Waals surface area (Å²) < 4.78 is 7.28. The van der Waals surface area contributed by atoms with Crippen molar-refractivity contribution >= 4 is 11.7 Å². The van der Waals surface area contributed by atoms with Gasteiger partial charge in [-0.3, -0.25) is 9.47 Å². The van der Waals surface area contributed by atoms with E-state index in [1.54, 1.807) is 10.1 Å². The van der Waals surface area contributed by atoms with E-state index < -0.39 is 24.5 Å². The Bertz CT molecular complexity index is 1140. The summed E-state index contributed by atoms with van der Waals surface area (Å²) in [7, 11) is 0. The normalized spacial score (nSPS) is 38.2. The Labute approximate surface area is 232 Å². The average Bonchev–Trinajstić information content (AvgIpc) is 3.45. The number of aromatic nitrogens is 2. The number of nitrogens with one attached hydrogen (secondary N) is 3. The van der Waals surface area contributed by atoms with Gasteiger partial charge in [0.05, 0.1) is 12.9 Å². The van der Waals surface area contributed by atoms with Crippen molar-refractivity contribution in [3.8, 4) is 0 Å². The number of amidine groups is 1. The molecule has 1 aromatic rings. The van der Waals surface area contributed by atoms with Crippen LogP contribution in [0.2, 0.25) is 0 Å². The Hall–Kier alpha value is -2.04. The monoisotopic (exact) mass is 542 g/mol. The molecule has 216 valence electrons. The predicted molar refractivity (Wildman–Crippen MR) is 150 cm³/mol. The van der Waals surface area contributed by atoms with Gasteiger partial charge in [0.1, 0.15) is 30.7 Å². The van der Waals surface area contributed by atoms with Gasteiger partial charge in [-0.05, 0) is 67.8 Å². The second-order valence-electron chi connectivity index (χ2n) is 13.3. The number of imidazole rings is 1. The fourth-order valence-corrected chi connectivity index (χ4v) is 7.47. The van der Waals surface area contributed by atoms with Gasteiger partial charge in [-0.25, -0.2) is 10.4 Å². The minimum Gasteiger partial charge on any atom is -0.394 e. The Balaban J connectivity index is 1.22. The van der Waals surface area contributed by atoms with E-state index in [4.69, 9.17) is 10.1 Å². The molecule has 9 nitrogen and oxygen atoms in total. The van der Waals surface area contributed by atoms with Crippen LogP contribution in [0.3, 0.4) is 0 Å². The predicted octanol–water partition coefficient (Wildman–Crippen LogP) is 2.61. The molecule has 6 N–H and O–H groups in total. The molecule has 3 heterocycles.